The Morgan fingerprint density at radius 3 is 2.09 bits per heavy atom. The third kappa shape index (κ3) is 4.96. The van der Waals surface area contributed by atoms with Crippen molar-refractivity contribution in [2.75, 3.05) is 31.6 Å². The van der Waals surface area contributed by atoms with Crippen LogP contribution in [0.3, 0.4) is 0 Å². The highest BCUT2D eigenvalue weighted by molar-refractivity contribution is 5.94. The number of hydrogen-bond donors (Lipinski definition) is 0. The molecule has 0 atom stereocenters. The van der Waals surface area contributed by atoms with E-state index in [9.17, 15) is 4.79 Å². The molecule has 4 rings (SSSR count). The first-order valence-corrected chi connectivity index (χ1v) is 11.6. The minimum Gasteiger partial charge on any atom is -0.494 e. The Morgan fingerprint density at radius 1 is 0.906 bits per heavy atom. The molecule has 0 bridgehead atoms. The molecule has 0 aliphatic carbocycles. The van der Waals surface area contributed by atoms with Crippen LogP contribution in [0.5, 0.6) is 5.75 Å². The van der Waals surface area contributed by atoms with Crippen LogP contribution in [0.2, 0.25) is 0 Å². The smallest absolute Gasteiger partial charge is 0.253 e. The third-order valence-corrected chi connectivity index (χ3v) is 6.02. The summed E-state index contributed by atoms with van der Waals surface area (Å²) in [6.07, 6.45) is 3.97. The average Bonchev–Trinajstić information content (AvgIpc) is 3.00. The topological polar surface area (TPSA) is 32.8 Å². The van der Waals surface area contributed by atoms with Crippen LogP contribution < -0.4 is 9.64 Å². The molecule has 3 aromatic carbocycles. The van der Waals surface area contributed by atoms with Crippen LogP contribution in [0.1, 0.15) is 41.3 Å². The summed E-state index contributed by atoms with van der Waals surface area (Å²) in [5.41, 5.74) is 6.04. The first kappa shape index (κ1) is 21.9. The van der Waals surface area contributed by atoms with E-state index in [1.807, 2.05) is 36.2 Å². The number of amides is 1. The molecular weight excluding hydrogens is 396 g/mol. The second-order valence-corrected chi connectivity index (χ2v) is 8.36. The summed E-state index contributed by atoms with van der Waals surface area (Å²) in [6.45, 7) is 4.34. The number of carbonyl (C=O) groups excluding carboxylic acids is 1. The highest BCUT2D eigenvalue weighted by atomic mass is 16.5. The molecule has 4 nitrogen and oxygen atoms in total. The van der Waals surface area contributed by atoms with Crippen LogP contribution in [-0.2, 0) is 12.8 Å². The lowest BCUT2D eigenvalue weighted by Crippen LogP contribution is -2.30. The lowest BCUT2D eigenvalue weighted by atomic mass is 10.0. The van der Waals surface area contributed by atoms with Crippen molar-refractivity contribution < 1.29 is 9.53 Å². The molecule has 0 saturated heterocycles. The first-order chi connectivity index (χ1) is 15.7. The number of ether oxygens (including phenoxy) is 1. The molecule has 1 amide bonds. The van der Waals surface area contributed by atoms with Crippen molar-refractivity contribution in [1.29, 1.82) is 0 Å². The van der Waals surface area contributed by atoms with E-state index in [1.165, 1.54) is 22.5 Å². The maximum atomic E-state index is 12.9. The molecule has 0 saturated carbocycles. The van der Waals surface area contributed by atoms with Gasteiger partial charge in [-0.3, -0.25) is 4.79 Å². The Hall–Kier alpha value is -3.27. The van der Waals surface area contributed by atoms with E-state index >= 15 is 0 Å². The van der Waals surface area contributed by atoms with E-state index in [4.69, 9.17) is 4.74 Å². The van der Waals surface area contributed by atoms with E-state index in [0.717, 1.165) is 38.0 Å². The zero-order chi connectivity index (χ0) is 22.3. The standard InChI is InChI=1S/C28H32N2O2/c1-3-21-32-25-17-15-24(16-18-25)28(31)29(2)19-8-20-30-26-11-6-4-9-22(26)13-14-23-10-5-7-12-27(23)30/h4-7,9-12,15-18H,3,8,13-14,19-21H2,1-2H3. The lowest BCUT2D eigenvalue weighted by molar-refractivity contribution is 0.0794. The van der Waals surface area contributed by atoms with Gasteiger partial charge in [0.25, 0.3) is 5.91 Å². The number of hydrogen-bond acceptors (Lipinski definition) is 3. The number of benzene rings is 3. The predicted octanol–water partition coefficient (Wildman–Crippen LogP) is 5.87. The summed E-state index contributed by atoms with van der Waals surface area (Å²) in [5.74, 6) is 0.855. The SMILES string of the molecule is CCCOc1ccc(C(=O)N(C)CCCN2c3ccccc3CCc3ccccc32)cc1. The number of rotatable bonds is 8. The Balaban J connectivity index is 1.41. The number of fused-ring (bicyclic) bond motifs is 2. The van der Waals surface area contributed by atoms with Gasteiger partial charge in [0, 0.05) is 37.1 Å². The summed E-state index contributed by atoms with van der Waals surface area (Å²) >= 11 is 0. The largest absolute Gasteiger partial charge is 0.494 e. The Kier molecular flexibility index (Phi) is 7.10. The monoisotopic (exact) mass is 428 g/mol. The second kappa shape index (κ2) is 10.4. The van der Waals surface area contributed by atoms with Crippen molar-refractivity contribution in [3.63, 3.8) is 0 Å². The quantitative estimate of drug-likeness (QED) is 0.449. The fourth-order valence-electron chi connectivity index (χ4n) is 4.31. The minimum absolute atomic E-state index is 0.0451. The molecule has 0 N–H and O–H groups in total. The molecule has 4 heteroatoms. The third-order valence-electron chi connectivity index (χ3n) is 6.02. The number of para-hydroxylation sites is 2. The molecule has 0 radical (unpaired) electrons. The molecule has 0 fully saturated rings. The molecule has 166 valence electrons. The van der Waals surface area contributed by atoms with Gasteiger partial charge in [-0.1, -0.05) is 43.3 Å². The molecular formula is C28H32N2O2. The zero-order valence-corrected chi connectivity index (χ0v) is 19.1. The van der Waals surface area contributed by atoms with Gasteiger partial charge in [0.05, 0.1) is 6.61 Å². The maximum absolute atomic E-state index is 12.9. The Morgan fingerprint density at radius 2 is 1.50 bits per heavy atom. The molecule has 1 aliphatic rings. The summed E-state index contributed by atoms with van der Waals surface area (Å²) in [5, 5.41) is 0. The minimum atomic E-state index is 0.0451. The zero-order valence-electron chi connectivity index (χ0n) is 19.1. The fraction of sp³-hybridized carbons (Fsp3) is 0.321. The van der Waals surface area contributed by atoms with Gasteiger partial charge in [0.2, 0.25) is 0 Å². The van der Waals surface area contributed by atoms with Gasteiger partial charge < -0.3 is 14.5 Å². The van der Waals surface area contributed by atoms with Crippen LogP contribution in [0.4, 0.5) is 11.4 Å². The van der Waals surface area contributed by atoms with Gasteiger partial charge in [0.15, 0.2) is 0 Å². The predicted molar refractivity (Wildman–Crippen MR) is 131 cm³/mol. The molecule has 1 aliphatic heterocycles. The van der Waals surface area contributed by atoms with E-state index in [0.29, 0.717) is 18.7 Å². The van der Waals surface area contributed by atoms with E-state index in [2.05, 4.69) is 60.4 Å². The van der Waals surface area contributed by atoms with E-state index in [1.54, 1.807) is 0 Å². The molecule has 0 unspecified atom stereocenters. The number of nitrogens with zero attached hydrogens (tertiary/aromatic N) is 2. The first-order valence-electron chi connectivity index (χ1n) is 11.6. The van der Waals surface area contributed by atoms with Crippen LogP contribution in [0, 0.1) is 0 Å². The maximum Gasteiger partial charge on any atom is 0.253 e. The Labute approximate surface area is 191 Å². The second-order valence-electron chi connectivity index (χ2n) is 8.36. The van der Waals surface area contributed by atoms with Crippen LogP contribution in [-0.4, -0.2) is 37.6 Å². The van der Waals surface area contributed by atoms with Crippen molar-refractivity contribution in [3.05, 3.63) is 89.5 Å². The van der Waals surface area contributed by atoms with Crippen molar-refractivity contribution in [2.45, 2.75) is 32.6 Å². The van der Waals surface area contributed by atoms with E-state index in [-0.39, 0.29) is 5.91 Å². The fourth-order valence-corrected chi connectivity index (χ4v) is 4.31. The van der Waals surface area contributed by atoms with Gasteiger partial charge in [-0.15, -0.1) is 0 Å². The number of carbonyl (C=O) groups is 1. The molecule has 0 aromatic heterocycles. The number of aryl methyl sites for hydroxylation is 2. The van der Waals surface area contributed by atoms with Crippen molar-refractivity contribution >= 4 is 17.3 Å². The van der Waals surface area contributed by atoms with Gasteiger partial charge in [-0.2, -0.15) is 0 Å². The highest BCUT2D eigenvalue weighted by Gasteiger charge is 2.20. The van der Waals surface area contributed by atoms with Gasteiger partial charge in [0.1, 0.15) is 5.75 Å². The average molecular weight is 429 g/mol. The van der Waals surface area contributed by atoms with Gasteiger partial charge in [-0.05, 0) is 73.2 Å². The van der Waals surface area contributed by atoms with E-state index < -0.39 is 0 Å². The van der Waals surface area contributed by atoms with Crippen LogP contribution in [0.15, 0.2) is 72.8 Å². The van der Waals surface area contributed by atoms with Crippen molar-refractivity contribution in [3.8, 4) is 5.75 Å². The highest BCUT2D eigenvalue weighted by Crippen LogP contribution is 2.35. The van der Waals surface area contributed by atoms with Gasteiger partial charge in [-0.25, -0.2) is 0 Å². The number of anilines is 2. The van der Waals surface area contributed by atoms with Crippen molar-refractivity contribution in [1.82, 2.24) is 4.90 Å². The normalized spacial score (nSPS) is 12.5. The molecule has 0 spiro atoms. The summed E-state index contributed by atoms with van der Waals surface area (Å²) in [4.78, 5) is 17.1. The van der Waals surface area contributed by atoms with Crippen molar-refractivity contribution in [2.24, 2.45) is 0 Å². The summed E-state index contributed by atoms with van der Waals surface area (Å²) < 4.78 is 5.62. The molecule has 32 heavy (non-hydrogen) atoms. The lowest BCUT2D eigenvalue weighted by Gasteiger charge is -2.28. The van der Waals surface area contributed by atoms with Gasteiger partial charge >= 0.3 is 0 Å². The van der Waals surface area contributed by atoms with Crippen LogP contribution in [0.25, 0.3) is 0 Å². The molecule has 1 heterocycles. The summed E-state index contributed by atoms with van der Waals surface area (Å²) in [7, 11) is 1.88. The Bertz CT molecular complexity index is 998. The summed E-state index contributed by atoms with van der Waals surface area (Å²) in [6, 6.07) is 24.8. The van der Waals surface area contributed by atoms with Crippen LogP contribution >= 0.6 is 0 Å². The molecule has 3 aromatic rings.